The topological polar surface area (TPSA) is 69.2 Å². The summed E-state index contributed by atoms with van der Waals surface area (Å²) in [6.45, 7) is 2.42. The third kappa shape index (κ3) is 4.10. The Morgan fingerprint density at radius 2 is 1.87 bits per heavy atom. The molecule has 30 heavy (non-hydrogen) atoms. The van der Waals surface area contributed by atoms with Crippen LogP contribution in [-0.2, 0) is 0 Å². The number of benzene rings is 2. The molecule has 0 fully saturated rings. The number of fused-ring (bicyclic) bond motifs is 1. The minimum Gasteiger partial charge on any atom is -0.493 e. The van der Waals surface area contributed by atoms with E-state index in [9.17, 15) is 0 Å². The maximum Gasteiger partial charge on any atom is 0.163 e. The minimum atomic E-state index is 0.448. The fourth-order valence-corrected chi connectivity index (χ4v) is 3.29. The number of nitrogens with one attached hydrogen (secondary N) is 1. The summed E-state index contributed by atoms with van der Waals surface area (Å²) < 4.78 is 11.2. The normalized spacial score (nSPS) is 10.8. The molecule has 4 rings (SSSR count). The van der Waals surface area contributed by atoms with E-state index in [1.54, 1.807) is 31.6 Å². The van der Waals surface area contributed by atoms with Crippen molar-refractivity contribution < 1.29 is 9.47 Å². The Labute approximate surface area is 183 Å². The highest BCUT2D eigenvalue weighted by Crippen LogP contribution is 2.37. The first-order valence-corrected chi connectivity index (χ1v) is 9.99. The summed E-state index contributed by atoms with van der Waals surface area (Å²) >= 11 is 12.2. The van der Waals surface area contributed by atoms with Crippen molar-refractivity contribution in [3.05, 3.63) is 64.9 Å². The Bertz CT molecular complexity index is 1200. The molecule has 0 saturated carbocycles. The van der Waals surface area contributed by atoms with Crippen LogP contribution in [0.1, 0.15) is 6.92 Å². The molecular weight excluding hydrogens is 423 g/mol. The van der Waals surface area contributed by atoms with Gasteiger partial charge in [0.1, 0.15) is 5.82 Å². The third-order valence-electron chi connectivity index (χ3n) is 4.38. The number of anilines is 2. The summed E-state index contributed by atoms with van der Waals surface area (Å²) in [4.78, 5) is 13.6. The molecule has 0 aliphatic carbocycles. The number of hydrogen-bond donors (Lipinski definition) is 1. The lowest BCUT2D eigenvalue weighted by Gasteiger charge is -2.15. The summed E-state index contributed by atoms with van der Waals surface area (Å²) in [5, 5.41) is 5.03. The Kier molecular flexibility index (Phi) is 5.88. The van der Waals surface area contributed by atoms with E-state index in [0.717, 1.165) is 16.6 Å². The summed E-state index contributed by atoms with van der Waals surface area (Å²) in [6, 6.07) is 12.8. The first kappa shape index (κ1) is 20.2. The van der Waals surface area contributed by atoms with Gasteiger partial charge < -0.3 is 14.8 Å². The fourth-order valence-electron chi connectivity index (χ4n) is 2.99. The van der Waals surface area contributed by atoms with Gasteiger partial charge in [-0.15, -0.1) is 0 Å². The Balaban J connectivity index is 1.91. The van der Waals surface area contributed by atoms with Crippen molar-refractivity contribution in [3.63, 3.8) is 0 Å². The molecular formula is C22H18Cl2N4O2. The van der Waals surface area contributed by atoms with Crippen molar-refractivity contribution >= 4 is 45.6 Å². The van der Waals surface area contributed by atoms with Crippen molar-refractivity contribution in [3.8, 4) is 22.9 Å². The van der Waals surface area contributed by atoms with Crippen molar-refractivity contribution in [2.24, 2.45) is 0 Å². The smallest absolute Gasteiger partial charge is 0.163 e. The highest BCUT2D eigenvalue weighted by molar-refractivity contribution is 6.42. The van der Waals surface area contributed by atoms with Crippen LogP contribution in [0.15, 0.2) is 54.9 Å². The molecule has 8 heteroatoms. The molecule has 0 unspecified atom stereocenters. The van der Waals surface area contributed by atoms with Crippen LogP contribution in [0.25, 0.3) is 22.3 Å². The van der Waals surface area contributed by atoms with Crippen molar-refractivity contribution in [2.45, 2.75) is 6.92 Å². The molecule has 0 spiro atoms. The van der Waals surface area contributed by atoms with Crippen LogP contribution < -0.4 is 14.8 Å². The van der Waals surface area contributed by atoms with E-state index in [-0.39, 0.29) is 0 Å². The molecule has 0 amide bonds. The molecule has 1 N–H and O–H groups in total. The molecule has 6 nitrogen and oxygen atoms in total. The van der Waals surface area contributed by atoms with Gasteiger partial charge in [0, 0.05) is 35.1 Å². The van der Waals surface area contributed by atoms with Crippen LogP contribution in [-0.4, -0.2) is 28.7 Å². The Hall–Kier alpha value is -3.09. The molecule has 0 radical (unpaired) electrons. The second-order valence-electron chi connectivity index (χ2n) is 6.34. The van der Waals surface area contributed by atoms with Gasteiger partial charge in [-0.25, -0.2) is 9.97 Å². The molecule has 152 valence electrons. The number of ether oxygens (including phenoxy) is 2. The minimum absolute atomic E-state index is 0.448. The average molecular weight is 441 g/mol. The third-order valence-corrected chi connectivity index (χ3v) is 5.12. The second kappa shape index (κ2) is 8.73. The number of aromatic nitrogens is 3. The largest absolute Gasteiger partial charge is 0.493 e. The van der Waals surface area contributed by atoms with Gasteiger partial charge >= 0.3 is 0 Å². The molecule has 0 saturated heterocycles. The van der Waals surface area contributed by atoms with Crippen LogP contribution in [0, 0.1) is 0 Å². The summed E-state index contributed by atoms with van der Waals surface area (Å²) in [5.41, 5.74) is 2.24. The van der Waals surface area contributed by atoms with Crippen LogP contribution in [0.2, 0.25) is 10.0 Å². The lowest BCUT2D eigenvalue weighted by Crippen LogP contribution is -2.02. The van der Waals surface area contributed by atoms with Crippen LogP contribution in [0.5, 0.6) is 11.5 Å². The number of methoxy groups -OCH3 is 1. The monoisotopic (exact) mass is 440 g/mol. The Morgan fingerprint density at radius 1 is 1.00 bits per heavy atom. The molecule has 0 aliphatic rings. The summed E-state index contributed by atoms with van der Waals surface area (Å²) in [6.07, 6.45) is 3.42. The average Bonchev–Trinajstić information content (AvgIpc) is 2.77. The van der Waals surface area contributed by atoms with E-state index in [1.165, 1.54) is 0 Å². The van der Waals surface area contributed by atoms with E-state index in [1.807, 2.05) is 37.3 Å². The molecule has 0 aliphatic heterocycles. The number of hydrogen-bond acceptors (Lipinski definition) is 6. The Morgan fingerprint density at radius 3 is 2.57 bits per heavy atom. The molecule has 0 bridgehead atoms. The second-order valence-corrected chi connectivity index (χ2v) is 7.16. The number of rotatable bonds is 6. The van der Waals surface area contributed by atoms with Gasteiger partial charge in [0.25, 0.3) is 0 Å². The van der Waals surface area contributed by atoms with Crippen LogP contribution in [0.3, 0.4) is 0 Å². The molecule has 2 aromatic carbocycles. The van der Waals surface area contributed by atoms with E-state index in [2.05, 4.69) is 10.3 Å². The van der Waals surface area contributed by atoms with Gasteiger partial charge in [-0.2, -0.15) is 0 Å². The highest BCUT2D eigenvalue weighted by atomic mass is 35.5. The highest BCUT2D eigenvalue weighted by Gasteiger charge is 2.15. The first-order valence-electron chi connectivity index (χ1n) is 9.24. The number of pyridine rings is 1. The zero-order valence-corrected chi connectivity index (χ0v) is 17.8. The molecule has 4 aromatic rings. The van der Waals surface area contributed by atoms with E-state index in [0.29, 0.717) is 45.3 Å². The zero-order valence-electron chi connectivity index (χ0n) is 16.3. The number of halogens is 2. The predicted octanol–water partition coefficient (Wildman–Crippen LogP) is 6.15. The lowest BCUT2D eigenvalue weighted by atomic mass is 10.1. The van der Waals surface area contributed by atoms with Gasteiger partial charge in [-0.1, -0.05) is 23.2 Å². The number of nitrogens with zero attached hydrogens (tertiary/aromatic N) is 3. The van der Waals surface area contributed by atoms with Crippen molar-refractivity contribution in [1.82, 2.24) is 15.0 Å². The summed E-state index contributed by atoms with van der Waals surface area (Å²) in [5.74, 6) is 2.34. The SMILES string of the molecule is CCOc1cc2c(Nc3ccc(Cl)c(Cl)c3)nc(-c3cccnc3)nc2cc1OC. The fraction of sp³-hybridized carbons (Fsp3) is 0.136. The van der Waals surface area contributed by atoms with Crippen LogP contribution in [0.4, 0.5) is 11.5 Å². The predicted molar refractivity (Wildman–Crippen MR) is 120 cm³/mol. The van der Waals surface area contributed by atoms with Gasteiger partial charge in [-0.05, 0) is 43.3 Å². The quantitative estimate of drug-likeness (QED) is 0.387. The summed E-state index contributed by atoms with van der Waals surface area (Å²) in [7, 11) is 1.60. The van der Waals surface area contributed by atoms with E-state index >= 15 is 0 Å². The first-order chi connectivity index (χ1) is 14.6. The van der Waals surface area contributed by atoms with Crippen LogP contribution >= 0.6 is 23.2 Å². The zero-order chi connectivity index (χ0) is 21.1. The maximum atomic E-state index is 6.18. The molecule has 2 aromatic heterocycles. The van der Waals surface area contributed by atoms with E-state index in [4.69, 9.17) is 42.6 Å². The van der Waals surface area contributed by atoms with E-state index < -0.39 is 0 Å². The van der Waals surface area contributed by atoms with Crippen molar-refractivity contribution in [1.29, 1.82) is 0 Å². The van der Waals surface area contributed by atoms with Gasteiger partial charge in [0.05, 0.1) is 29.3 Å². The van der Waals surface area contributed by atoms with Gasteiger partial charge in [-0.3, -0.25) is 4.98 Å². The molecule has 0 atom stereocenters. The maximum absolute atomic E-state index is 6.18. The standard InChI is InChI=1S/C22H18Cl2N4O2/c1-3-30-20-10-15-18(11-19(20)29-2)27-21(13-5-4-8-25-12-13)28-22(15)26-14-6-7-16(23)17(24)9-14/h4-12H,3H2,1-2H3,(H,26,27,28). The lowest BCUT2D eigenvalue weighted by molar-refractivity contribution is 0.311. The van der Waals surface area contributed by atoms with Gasteiger partial charge in [0.15, 0.2) is 17.3 Å². The van der Waals surface area contributed by atoms with Gasteiger partial charge in [0.2, 0.25) is 0 Å². The van der Waals surface area contributed by atoms with Crippen molar-refractivity contribution in [2.75, 3.05) is 19.0 Å². The molecule has 2 heterocycles.